The van der Waals surface area contributed by atoms with E-state index in [0.717, 1.165) is 10.4 Å². The van der Waals surface area contributed by atoms with Crippen molar-refractivity contribution >= 4 is 34.4 Å². The number of nitrogens with one attached hydrogen (secondary N) is 1. The van der Waals surface area contributed by atoms with E-state index in [0.29, 0.717) is 23.6 Å². The lowest BCUT2D eigenvalue weighted by Gasteiger charge is -2.16. The maximum atomic E-state index is 13.2. The molecule has 1 aliphatic heterocycles. The molecule has 0 fully saturated rings. The fourth-order valence-electron chi connectivity index (χ4n) is 3.15. The smallest absolute Gasteiger partial charge is 0.278 e. The number of hydrogen-bond acceptors (Lipinski definition) is 6. The van der Waals surface area contributed by atoms with Gasteiger partial charge in [-0.05, 0) is 42.1 Å². The minimum atomic E-state index is -0.367. The first-order valence-corrected chi connectivity index (χ1v) is 10.1. The highest BCUT2D eigenvalue weighted by Crippen LogP contribution is 2.35. The summed E-state index contributed by atoms with van der Waals surface area (Å²) < 4.78 is 5.66. The van der Waals surface area contributed by atoms with Crippen LogP contribution < -0.4 is 10.1 Å². The normalized spacial score (nSPS) is 13.9. The van der Waals surface area contributed by atoms with Crippen LogP contribution in [0.3, 0.4) is 0 Å². The molecule has 2 aromatic heterocycles. The maximum absolute atomic E-state index is 13.2. The molecule has 0 spiro atoms. The summed E-state index contributed by atoms with van der Waals surface area (Å²) in [5, 5.41) is 5.05. The molecule has 3 aromatic rings. The van der Waals surface area contributed by atoms with Crippen molar-refractivity contribution < 1.29 is 14.3 Å². The van der Waals surface area contributed by atoms with E-state index in [1.807, 2.05) is 54.8 Å². The molecule has 0 unspecified atom stereocenters. The van der Waals surface area contributed by atoms with Gasteiger partial charge < -0.3 is 10.1 Å². The van der Waals surface area contributed by atoms with Gasteiger partial charge in [0.15, 0.2) is 0 Å². The topological polar surface area (TPSA) is 71.5 Å². The van der Waals surface area contributed by atoms with E-state index in [9.17, 15) is 9.59 Å². The minimum absolute atomic E-state index is 0.165. The van der Waals surface area contributed by atoms with Gasteiger partial charge in [-0.25, -0.2) is 0 Å². The van der Waals surface area contributed by atoms with Gasteiger partial charge in [0.2, 0.25) is 0 Å². The number of aromatic nitrogens is 1. The second kappa shape index (κ2) is 8.28. The molecule has 0 saturated carbocycles. The standard InChI is InChI=1S/C22H19N3O3S/c1-2-28-17-9-4-3-8-16(17)24-20-19(18-10-6-12-29-18)21(26)25(22(20)27)14-15-7-5-11-23-13-15/h3-13,24H,2,14H2,1H3. The second-order valence-electron chi connectivity index (χ2n) is 6.34. The van der Waals surface area contributed by atoms with Crippen LogP contribution in [-0.2, 0) is 16.1 Å². The van der Waals surface area contributed by atoms with Gasteiger partial charge >= 0.3 is 0 Å². The summed E-state index contributed by atoms with van der Waals surface area (Å²) in [7, 11) is 0. The second-order valence-corrected chi connectivity index (χ2v) is 7.29. The van der Waals surface area contributed by atoms with Crippen LogP contribution >= 0.6 is 11.3 Å². The Morgan fingerprint density at radius 1 is 1.07 bits per heavy atom. The number of carbonyl (C=O) groups excluding carboxylic acids is 2. The Morgan fingerprint density at radius 2 is 1.93 bits per heavy atom. The Labute approximate surface area is 172 Å². The molecule has 0 radical (unpaired) electrons. The molecule has 1 aliphatic rings. The van der Waals surface area contributed by atoms with Crippen LogP contribution in [0.25, 0.3) is 5.57 Å². The first-order chi connectivity index (χ1) is 14.2. The summed E-state index contributed by atoms with van der Waals surface area (Å²) in [4.78, 5) is 32.5. The highest BCUT2D eigenvalue weighted by Gasteiger charge is 2.39. The van der Waals surface area contributed by atoms with Crippen LogP contribution in [-0.4, -0.2) is 28.3 Å². The number of imide groups is 1. The summed E-state index contributed by atoms with van der Waals surface area (Å²) in [6.07, 6.45) is 3.31. The fraction of sp³-hybridized carbons (Fsp3) is 0.136. The molecule has 0 atom stereocenters. The predicted molar refractivity (Wildman–Crippen MR) is 112 cm³/mol. The Morgan fingerprint density at radius 3 is 2.66 bits per heavy atom. The molecular formula is C22H19N3O3S. The number of nitrogens with zero attached hydrogens (tertiary/aromatic N) is 2. The predicted octanol–water partition coefficient (Wildman–Crippen LogP) is 3.93. The molecular weight excluding hydrogens is 386 g/mol. The van der Waals surface area contributed by atoms with Gasteiger partial charge in [-0.2, -0.15) is 0 Å². The van der Waals surface area contributed by atoms with Crippen LogP contribution in [0.15, 0.2) is 72.0 Å². The largest absolute Gasteiger partial charge is 0.492 e. The highest BCUT2D eigenvalue weighted by atomic mass is 32.1. The van der Waals surface area contributed by atoms with E-state index in [1.54, 1.807) is 18.5 Å². The fourth-order valence-corrected chi connectivity index (χ4v) is 3.91. The number of thiophene rings is 1. The van der Waals surface area contributed by atoms with Crippen LogP contribution in [0.2, 0.25) is 0 Å². The molecule has 0 bridgehead atoms. The number of rotatable bonds is 7. The summed E-state index contributed by atoms with van der Waals surface area (Å²) in [6.45, 7) is 2.56. The zero-order chi connectivity index (χ0) is 20.2. The third-order valence-corrected chi connectivity index (χ3v) is 5.33. The van der Waals surface area contributed by atoms with Crippen molar-refractivity contribution in [3.05, 3.63) is 82.4 Å². The van der Waals surface area contributed by atoms with Crippen molar-refractivity contribution in [3.63, 3.8) is 0 Å². The third-order valence-electron chi connectivity index (χ3n) is 4.45. The summed E-state index contributed by atoms with van der Waals surface area (Å²) in [6, 6.07) is 14.7. The van der Waals surface area contributed by atoms with Crippen LogP contribution in [0, 0.1) is 0 Å². The summed E-state index contributed by atoms with van der Waals surface area (Å²) in [5.41, 5.74) is 2.06. The van der Waals surface area contributed by atoms with E-state index < -0.39 is 0 Å². The lowest BCUT2D eigenvalue weighted by atomic mass is 10.1. The van der Waals surface area contributed by atoms with Crippen molar-refractivity contribution in [2.45, 2.75) is 13.5 Å². The van der Waals surface area contributed by atoms with Crippen molar-refractivity contribution in [1.82, 2.24) is 9.88 Å². The Bertz CT molecular complexity index is 1060. The number of anilines is 1. The van der Waals surface area contributed by atoms with Gasteiger partial charge in [0.25, 0.3) is 11.8 Å². The summed E-state index contributed by atoms with van der Waals surface area (Å²) >= 11 is 1.42. The van der Waals surface area contributed by atoms with Crippen molar-refractivity contribution in [1.29, 1.82) is 0 Å². The van der Waals surface area contributed by atoms with Crippen LogP contribution in [0.5, 0.6) is 5.75 Å². The zero-order valence-corrected chi connectivity index (χ0v) is 16.6. The van der Waals surface area contributed by atoms with E-state index in [-0.39, 0.29) is 24.1 Å². The third kappa shape index (κ3) is 3.77. The lowest BCUT2D eigenvalue weighted by Crippen LogP contribution is -2.32. The van der Waals surface area contributed by atoms with Crippen molar-refractivity contribution in [2.24, 2.45) is 0 Å². The SMILES string of the molecule is CCOc1ccccc1NC1=C(c2cccs2)C(=O)N(Cc2cccnc2)C1=O. The first-order valence-electron chi connectivity index (χ1n) is 9.21. The number of benzene rings is 1. The van der Waals surface area contributed by atoms with E-state index >= 15 is 0 Å². The number of para-hydroxylation sites is 2. The number of carbonyl (C=O) groups is 2. The molecule has 2 amide bonds. The molecule has 3 heterocycles. The molecule has 29 heavy (non-hydrogen) atoms. The summed E-state index contributed by atoms with van der Waals surface area (Å²) in [5.74, 6) is -0.0646. The molecule has 4 rings (SSSR count). The number of pyridine rings is 1. The van der Waals surface area contributed by atoms with Gasteiger partial charge in [-0.1, -0.05) is 24.3 Å². The molecule has 1 aromatic carbocycles. The minimum Gasteiger partial charge on any atom is -0.492 e. The van der Waals surface area contributed by atoms with Crippen molar-refractivity contribution in [3.8, 4) is 5.75 Å². The molecule has 0 saturated heterocycles. The van der Waals surface area contributed by atoms with Gasteiger partial charge in [-0.3, -0.25) is 19.5 Å². The van der Waals surface area contributed by atoms with Crippen LogP contribution in [0.4, 0.5) is 5.69 Å². The molecule has 7 heteroatoms. The maximum Gasteiger partial charge on any atom is 0.278 e. The van der Waals surface area contributed by atoms with Gasteiger partial charge in [0.1, 0.15) is 11.4 Å². The Balaban J connectivity index is 1.72. The van der Waals surface area contributed by atoms with Gasteiger partial charge in [0, 0.05) is 17.3 Å². The molecule has 1 N–H and O–H groups in total. The van der Waals surface area contributed by atoms with E-state index in [1.165, 1.54) is 16.2 Å². The average Bonchev–Trinajstić information content (AvgIpc) is 3.34. The highest BCUT2D eigenvalue weighted by molar-refractivity contribution is 7.11. The van der Waals surface area contributed by atoms with Gasteiger partial charge in [-0.15, -0.1) is 11.3 Å². The first kappa shape index (κ1) is 18.9. The Kier molecular flexibility index (Phi) is 5.39. The average molecular weight is 405 g/mol. The molecule has 146 valence electrons. The Hall–Kier alpha value is -3.45. The molecule has 0 aliphatic carbocycles. The quantitative estimate of drug-likeness (QED) is 0.603. The number of ether oxygens (including phenoxy) is 1. The zero-order valence-electron chi connectivity index (χ0n) is 15.8. The van der Waals surface area contributed by atoms with E-state index in [4.69, 9.17) is 4.74 Å². The number of hydrogen-bond donors (Lipinski definition) is 1. The van der Waals surface area contributed by atoms with Crippen LogP contribution in [0.1, 0.15) is 17.4 Å². The van der Waals surface area contributed by atoms with Gasteiger partial charge in [0.05, 0.1) is 24.4 Å². The van der Waals surface area contributed by atoms with E-state index in [2.05, 4.69) is 10.3 Å². The lowest BCUT2D eigenvalue weighted by molar-refractivity contribution is -0.137. The monoisotopic (exact) mass is 405 g/mol. The number of amides is 2. The van der Waals surface area contributed by atoms with Crippen molar-refractivity contribution in [2.75, 3.05) is 11.9 Å². The molecule has 6 nitrogen and oxygen atoms in total.